The van der Waals surface area contributed by atoms with Gasteiger partial charge < -0.3 is 5.32 Å². The molecule has 0 unspecified atom stereocenters. The minimum Gasteiger partial charge on any atom is -0.312 e. The van der Waals surface area contributed by atoms with E-state index < -0.39 is 0 Å². The van der Waals surface area contributed by atoms with Crippen LogP contribution in [0.4, 0.5) is 0 Å². The topological polar surface area (TPSA) is 12.0 Å². The normalized spacial score (nSPS) is 15.8. The summed E-state index contributed by atoms with van der Waals surface area (Å²) in [5.74, 6) is 0.864. The molecule has 1 heterocycles. The molecule has 1 aliphatic heterocycles. The summed E-state index contributed by atoms with van der Waals surface area (Å²) < 4.78 is 0. The van der Waals surface area contributed by atoms with E-state index in [4.69, 9.17) is 0 Å². The molecule has 0 bridgehead atoms. The number of hydrogen-bond donors (Lipinski definition) is 2. The minimum atomic E-state index is 0.864. The molecule has 0 atom stereocenters. The molecule has 64 valence electrons. The Morgan fingerprint density at radius 2 is 2.33 bits per heavy atom. The second kappa shape index (κ2) is 3.50. The monoisotopic (exact) mass is 179 g/mol. The second-order valence-corrected chi connectivity index (χ2v) is 3.46. The minimum absolute atomic E-state index is 0.864. The van der Waals surface area contributed by atoms with Crippen LogP contribution in [0.3, 0.4) is 0 Å². The van der Waals surface area contributed by atoms with Gasteiger partial charge in [0, 0.05) is 12.3 Å². The van der Waals surface area contributed by atoms with Crippen molar-refractivity contribution < 1.29 is 0 Å². The summed E-state index contributed by atoms with van der Waals surface area (Å²) in [6, 6.07) is 6.50. The lowest BCUT2D eigenvalue weighted by atomic mass is 9.96. The maximum atomic E-state index is 4.32. The fraction of sp³-hybridized carbons (Fsp3) is 0.400. The van der Waals surface area contributed by atoms with Gasteiger partial charge in [-0.3, -0.25) is 0 Å². The van der Waals surface area contributed by atoms with Gasteiger partial charge in [-0.05, 0) is 29.7 Å². The zero-order chi connectivity index (χ0) is 8.39. The van der Waals surface area contributed by atoms with E-state index in [-0.39, 0.29) is 0 Å². The summed E-state index contributed by atoms with van der Waals surface area (Å²) in [6.07, 6.45) is 1.16. The van der Waals surface area contributed by atoms with Crippen LogP contribution in [0.2, 0.25) is 0 Å². The maximum absolute atomic E-state index is 4.32. The van der Waals surface area contributed by atoms with Crippen LogP contribution < -0.4 is 5.32 Å². The lowest BCUT2D eigenvalue weighted by Gasteiger charge is -2.19. The molecular weight excluding hydrogens is 166 g/mol. The molecule has 0 fully saturated rings. The lowest BCUT2D eigenvalue weighted by molar-refractivity contribution is 0.641. The van der Waals surface area contributed by atoms with Crippen molar-refractivity contribution in [1.29, 1.82) is 0 Å². The van der Waals surface area contributed by atoms with E-state index in [2.05, 4.69) is 36.1 Å². The first-order chi connectivity index (χ1) is 5.92. The molecule has 0 radical (unpaired) electrons. The molecule has 2 rings (SSSR count). The van der Waals surface area contributed by atoms with Gasteiger partial charge in [0.15, 0.2) is 0 Å². The smallest absolute Gasteiger partial charge is 0.0208 e. The van der Waals surface area contributed by atoms with Crippen LogP contribution in [-0.2, 0) is 18.7 Å². The highest BCUT2D eigenvalue weighted by molar-refractivity contribution is 7.79. The molecule has 1 nitrogen and oxygen atoms in total. The Labute approximate surface area is 78.6 Å². The average Bonchev–Trinajstić information content (AvgIpc) is 2.17. The number of thiol groups is 1. The molecule has 12 heavy (non-hydrogen) atoms. The molecule has 1 aromatic rings. The predicted octanol–water partition coefficient (Wildman–Crippen LogP) is 1.76. The number of fused-ring (bicyclic) bond motifs is 1. The fourth-order valence-corrected chi connectivity index (χ4v) is 2.06. The first kappa shape index (κ1) is 8.14. The Hall–Kier alpha value is -0.470. The van der Waals surface area contributed by atoms with Crippen molar-refractivity contribution in [3.63, 3.8) is 0 Å². The van der Waals surface area contributed by atoms with E-state index >= 15 is 0 Å². The zero-order valence-electron chi connectivity index (χ0n) is 7.01. The average molecular weight is 179 g/mol. The van der Waals surface area contributed by atoms with Gasteiger partial charge in [-0.15, -0.1) is 0 Å². The quantitative estimate of drug-likeness (QED) is 0.626. The van der Waals surface area contributed by atoms with Crippen LogP contribution in [0.15, 0.2) is 18.2 Å². The molecule has 0 saturated heterocycles. The molecule has 0 saturated carbocycles. The lowest BCUT2D eigenvalue weighted by Crippen LogP contribution is -2.24. The van der Waals surface area contributed by atoms with Crippen LogP contribution in [0.5, 0.6) is 0 Å². The predicted molar refractivity (Wildman–Crippen MR) is 54.5 cm³/mol. The third-order valence-corrected chi connectivity index (χ3v) is 2.75. The van der Waals surface area contributed by atoms with Gasteiger partial charge in [0.05, 0.1) is 0 Å². The second-order valence-electron chi connectivity index (χ2n) is 3.14. The van der Waals surface area contributed by atoms with E-state index in [1.54, 1.807) is 0 Å². The van der Waals surface area contributed by atoms with Gasteiger partial charge in [0.1, 0.15) is 0 Å². The fourth-order valence-electron chi connectivity index (χ4n) is 1.76. The molecule has 1 N–H and O–H groups in total. The van der Waals surface area contributed by atoms with Gasteiger partial charge in [-0.2, -0.15) is 12.6 Å². The first-order valence-corrected chi connectivity index (χ1v) is 4.96. The highest BCUT2D eigenvalue weighted by atomic mass is 32.1. The third-order valence-electron chi connectivity index (χ3n) is 2.41. The zero-order valence-corrected chi connectivity index (χ0v) is 7.90. The van der Waals surface area contributed by atoms with Crippen molar-refractivity contribution in [2.45, 2.75) is 18.7 Å². The highest BCUT2D eigenvalue weighted by Crippen LogP contribution is 2.19. The molecule has 0 aliphatic carbocycles. The van der Waals surface area contributed by atoms with Crippen LogP contribution in [0, 0.1) is 0 Å². The van der Waals surface area contributed by atoms with Crippen LogP contribution >= 0.6 is 12.6 Å². The largest absolute Gasteiger partial charge is 0.312 e. The van der Waals surface area contributed by atoms with Crippen LogP contribution in [0.1, 0.15) is 16.7 Å². The van der Waals surface area contributed by atoms with Crippen molar-refractivity contribution in [2.24, 2.45) is 0 Å². The van der Waals surface area contributed by atoms with E-state index in [0.29, 0.717) is 0 Å². The Morgan fingerprint density at radius 1 is 1.42 bits per heavy atom. The molecule has 0 spiro atoms. The number of rotatable bonds is 1. The van der Waals surface area contributed by atoms with Gasteiger partial charge >= 0.3 is 0 Å². The Balaban J connectivity index is 2.44. The number of hydrogen-bond acceptors (Lipinski definition) is 2. The number of nitrogens with one attached hydrogen (secondary N) is 1. The van der Waals surface area contributed by atoms with Gasteiger partial charge in [0.2, 0.25) is 0 Å². The van der Waals surface area contributed by atoms with Gasteiger partial charge in [-0.1, -0.05) is 18.2 Å². The first-order valence-electron chi connectivity index (χ1n) is 4.33. The Bertz CT molecular complexity index is 269. The van der Waals surface area contributed by atoms with Crippen molar-refractivity contribution in [2.75, 3.05) is 6.54 Å². The van der Waals surface area contributed by atoms with Crippen LogP contribution in [-0.4, -0.2) is 6.54 Å². The van der Waals surface area contributed by atoms with E-state index in [1.807, 2.05) is 0 Å². The summed E-state index contributed by atoms with van der Waals surface area (Å²) in [5, 5.41) is 3.37. The maximum Gasteiger partial charge on any atom is 0.0208 e. The van der Waals surface area contributed by atoms with Gasteiger partial charge in [-0.25, -0.2) is 0 Å². The Morgan fingerprint density at radius 3 is 3.17 bits per heavy atom. The van der Waals surface area contributed by atoms with E-state index in [0.717, 1.165) is 25.3 Å². The Kier molecular flexibility index (Phi) is 2.38. The molecular formula is C10H13NS. The summed E-state index contributed by atoms with van der Waals surface area (Å²) in [6.45, 7) is 2.13. The van der Waals surface area contributed by atoms with Gasteiger partial charge in [0.25, 0.3) is 0 Å². The van der Waals surface area contributed by atoms with Crippen molar-refractivity contribution >= 4 is 12.6 Å². The molecule has 0 amide bonds. The highest BCUT2D eigenvalue weighted by Gasteiger charge is 2.10. The van der Waals surface area contributed by atoms with E-state index in [1.165, 1.54) is 16.7 Å². The molecule has 1 aliphatic rings. The summed E-state index contributed by atoms with van der Waals surface area (Å²) in [5.41, 5.74) is 4.37. The van der Waals surface area contributed by atoms with Crippen LogP contribution in [0.25, 0.3) is 0 Å². The summed E-state index contributed by atoms with van der Waals surface area (Å²) >= 11 is 4.32. The molecule has 0 aromatic heterocycles. The summed E-state index contributed by atoms with van der Waals surface area (Å²) in [4.78, 5) is 0. The van der Waals surface area contributed by atoms with E-state index in [9.17, 15) is 0 Å². The summed E-state index contributed by atoms with van der Waals surface area (Å²) in [7, 11) is 0. The SMILES string of the molecule is SCc1cccc2c1CCNC2. The van der Waals surface area contributed by atoms with Crippen molar-refractivity contribution in [3.05, 3.63) is 34.9 Å². The van der Waals surface area contributed by atoms with Crippen molar-refractivity contribution in [3.8, 4) is 0 Å². The molecule has 1 aromatic carbocycles. The number of benzene rings is 1. The third kappa shape index (κ3) is 1.37. The molecule has 2 heteroatoms. The van der Waals surface area contributed by atoms with Crippen molar-refractivity contribution in [1.82, 2.24) is 5.32 Å². The standard InChI is InChI=1S/C10H13NS/c12-7-9-3-1-2-8-6-11-5-4-10(8)9/h1-3,11-12H,4-7H2.